The van der Waals surface area contributed by atoms with Crippen molar-refractivity contribution >= 4 is 0 Å². The number of hydrogen-bond acceptors (Lipinski definition) is 2. The molecule has 0 bridgehead atoms. The Kier molecular flexibility index (Phi) is 4.34. The second-order valence-electron chi connectivity index (χ2n) is 3.63. The van der Waals surface area contributed by atoms with Gasteiger partial charge < -0.3 is 9.84 Å². The molecule has 0 spiro atoms. The molecule has 0 aliphatic carbocycles. The number of ether oxygens (including phenoxy) is 1. The van der Waals surface area contributed by atoms with Crippen LogP contribution in [0.3, 0.4) is 0 Å². The Labute approximate surface area is 104 Å². The molecule has 0 heterocycles. The van der Waals surface area contributed by atoms with Gasteiger partial charge in [0.1, 0.15) is 5.75 Å². The first-order valence-corrected chi connectivity index (χ1v) is 5.16. The van der Waals surface area contributed by atoms with Crippen LogP contribution in [0.25, 0.3) is 0 Å². The van der Waals surface area contributed by atoms with E-state index in [0.29, 0.717) is 6.07 Å². The Bertz CT molecular complexity index is 438. The van der Waals surface area contributed by atoms with Gasteiger partial charge in [-0.25, -0.2) is 0 Å². The zero-order chi connectivity index (χ0) is 14.8. The van der Waals surface area contributed by atoms with E-state index in [9.17, 15) is 26.3 Å². The van der Waals surface area contributed by atoms with E-state index in [-0.39, 0.29) is 12.7 Å². The van der Waals surface area contributed by atoms with E-state index in [0.717, 1.165) is 6.07 Å². The minimum absolute atomic E-state index is 0.0387. The van der Waals surface area contributed by atoms with Crippen molar-refractivity contribution in [2.24, 2.45) is 0 Å². The van der Waals surface area contributed by atoms with Crippen molar-refractivity contribution in [2.45, 2.75) is 25.4 Å². The zero-order valence-electron chi connectivity index (χ0n) is 9.64. The summed E-state index contributed by atoms with van der Waals surface area (Å²) in [4.78, 5) is 0. The molecule has 0 fully saturated rings. The molecule has 0 saturated heterocycles. The Morgan fingerprint density at radius 1 is 1.16 bits per heavy atom. The quantitative estimate of drug-likeness (QED) is 0.859. The summed E-state index contributed by atoms with van der Waals surface area (Å²) in [5.74, 6) is -0.430. The van der Waals surface area contributed by atoms with Crippen molar-refractivity contribution in [3.63, 3.8) is 0 Å². The topological polar surface area (TPSA) is 29.5 Å². The predicted molar refractivity (Wildman–Crippen MR) is 53.6 cm³/mol. The molecule has 19 heavy (non-hydrogen) atoms. The average molecular weight is 288 g/mol. The molecule has 8 heteroatoms. The van der Waals surface area contributed by atoms with E-state index >= 15 is 0 Å². The van der Waals surface area contributed by atoms with E-state index in [1.54, 1.807) is 0 Å². The predicted octanol–water partition coefficient (Wildman–Crippen LogP) is 3.70. The highest BCUT2D eigenvalue weighted by atomic mass is 19.4. The molecule has 1 unspecified atom stereocenters. The summed E-state index contributed by atoms with van der Waals surface area (Å²) >= 11 is 0. The van der Waals surface area contributed by atoms with Crippen molar-refractivity contribution in [2.75, 3.05) is 6.61 Å². The zero-order valence-corrected chi connectivity index (χ0v) is 9.64. The fourth-order valence-corrected chi connectivity index (χ4v) is 1.40. The molecule has 1 atom stereocenters. The highest BCUT2D eigenvalue weighted by molar-refractivity contribution is 5.40. The Morgan fingerprint density at radius 2 is 1.74 bits per heavy atom. The lowest BCUT2D eigenvalue weighted by atomic mass is 10.0. The molecule has 2 nitrogen and oxygen atoms in total. The van der Waals surface area contributed by atoms with Crippen LogP contribution in [-0.4, -0.2) is 17.9 Å². The van der Waals surface area contributed by atoms with E-state index < -0.39 is 35.3 Å². The van der Waals surface area contributed by atoms with Crippen molar-refractivity contribution < 1.29 is 36.2 Å². The minimum atomic E-state index is -5.07. The van der Waals surface area contributed by atoms with E-state index in [2.05, 4.69) is 0 Å². The number of alkyl halides is 6. The first kappa shape index (κ1) is 15.6. The molecule has 0 saturated carbocycles. The Balaban J connectivity index is 3.31. The Hall–Kier alpha value is -1.44. The van der Waals surface area contributed by atoms with Crippen LogP contribution in [0, 0.1) is 0 Å². The van der Waals surface area contributed by atoms with E-state index in [1.807, 2.05) is 0 Å². The maximum absolute atomic E-state index is 12.4. The highest BCUT2D eigenvalue weighted by Gasteiger charge is 2.42. The number of hydrogen-bond donors (Lipinski definition) is 1. The second kappa shape index (κ2) is 5.28. The van der Waals surface area contributed by atoms with Crippen LogP contribution in [0.1, 0.15) is 24.2 Å². The third-order valence-corrected chi connectivity index (χ3v) is 2.24. The van der Waals surface area contributed by atoms with Crippen LogP contribution in [0.4, 0.5) is 26.3 Å². The molecule has 1 aromatic rings. The van der Waals surface area contributed by atoms with Gasteiger partial charge in [-0.1, -0.05) is 0 Å². The van der Waals surface area contributed by atoms with Gasteiger partial charge in [-0.2, -0.15) is 26.3 Å². The van der Waals surface area contributed by atoms with Crippen molar-refractivity contribution in [3.8, 4) is 5.75 Å². The van der Waals surface area contributed by atoms with Crippen molar-refractivity contribution in [1.82, 2.24) is 0 Å². The number of benzene rings is 1. The summed E-state index contributed by atoms with van der Waals surface area (Å²) < 4.78 is 79.3. The second-order valence-corrected chi connectivity index (χ2v) is 3.63. The summed E-state index contributed by atoms with van der Waals surface area (Å²) in [5, 5.41) is 9.08. The van der Waals surface area contributed by atoms with Gasteiger partial charge in [0.15, 0.2) is 6.10 Å². The molecule has 0 radical (unpaired) electrons. The fraction of sp³-hybridized carbons (Fsp3) is 0.455. The highest BCUT2D eigenvalue weighted by Crippen LogP contribution is 2.40. The minimum Gasteiger partial charge on any atom is -0.493 e. The number of halogens is 6. The van der Waals surface area contributed by atoms with Crippen molar-refractivity contribution in [3.05, 3.63) is 29.3 Å². The molecule has 0 aliphatic heterocycles. The molecule has 0 aliphatic rings. The lowest BCUT2D eigenvalue weighted by Crippen LogP contribution is -2.21. The standard InChI is InChI=1S/C11H10F6O2/c1-2-19-8-4-3-6(10(12,13)14)5-7(8)9(18)11(15,16)17/h3-5,9,18H,2H2,1H3. The fourth-order valence-electron chi connectivity index (χ4n) is 1.40. The molecule has 0 aromatic heterocycles. The van der Waals surface area contributed by atoms with Crippen LogP contribution >= 0.6 is 0 Å². The third kappa shape index (κ3) is 3.76. The monoisotopic (exact) mass is 288 g/mol. The smallest absolute Gasteiger partial charge is 0.418 e. The van der Waals surface area contributed by atoms with Gasteiger partial charge in [-0.15, -0.1) is 0 Å². The molecule has 108 valence electrons. The van der Waals surface area contributed by atoms with Gasteiger partial charge in [0, 0.05) is 5.56 Å². The summed E-state index contributed by atoms with van der Waals surface area (Å²) in [6.45, 7) is 1.42. The van der Waals surface area contributed by atoms with Crippen LogP contribution in [0.2, 0.25) is 0 Å². The Morgan fingerprint density at radius 3 is 2.16 bits per heavy atom. The van der Waals surface area contributed by atoms with E-state index in [1.165, 1.54) is 6.92 Å². The van der Waals surface area contributed by atoms with Crippen LogP contribution in [0.15, 0.2) is 18.2 Å². The SMILES string of the molecule is CCOc1ccc(C(F)(F)F)cc1C(O)C(F)(F)F. The molecule has 1 rings (SSSR count). The van der Waals surface area contributed by atoms with Gasteiger partial charge in [0.2, 0.25) is 0 Å². The largest absolute Gasteiger partial charge is 0.493 e. The van der Waals surface area contributed by atoms with E-state index in [4.69, 9.17) is 9.84 Å². The molecule has 1 aromatic carbocycles. The van der Waals surface area contributed by atoms with Crippen LogP contribution < -0.4 is 4.74 Å². The van der Waals surface area contributed by atoms with Crippen molar-refractivity contribution in [1.29, 1.82) is 0 Å². The van der Waals surface area contributed by atoms with Gasteiger partial charge in [-0.05, 0) is 25.1 Å². The van der Waals surface area contributed by atoms with Gasteiger partial charge in [0.25, 0.3) is 0 Å². The summed E-state index contributed by atoms with van der Waals surface area (Å²) in [6.07, 6.45) is -12.9. The molecule has 1 N–H and O–H groups in total. The summed E-state index contributed by atoms with van der Waals surface area (Å²) in [7, 11) is 0. The average Bonchev–Trinajstić information content (AvgIpc) is 2.26. The first-order valence-electron chi connectivity index (χ1n) is 5.16. The summed E-state index contributed by atoms with van der Waals surface area (Å²) in [5.41, 5.74) is -2.24. The van der Waals surface area contributed by atoms with Gasteiger partial charge in [0.05, 0.1) is 12.2 Å². The van der Waals surface area contributed by atoms with Crippen LogP contribution in [-0.2, 0) is 6.18 Å². The number of rotatable bonds is 3. The first-order chi connectivity index (χ1) is 8.57. The van der Waals surface area contributed by atoms with Crippen LogP contribution in [0.5, 0.6) is 5.75 Å². The normalized spacial score (nSPS) is 14.3. The molecule has 0 amide bonds. The maximum Gasteiger partial charge on any atom is 0.418 e. The summed E-state index contributed by atoms with van der Waals surface area (Å²) in [6, 6.07) is 1.59. The maximum atomic E-state index is 12.4. The van der Waals surface area contributed by atoms with Gasteiger partial charge >= 0.3 is 12.4 Å². The third-order valence-electron chi connectivity index (χ3n) is 2.24. The molecular weight excluding hydrogens is 278 g/mol. The molecular formula is C11H10F6O2. The van der Waals surface area contributed by atoms with Gasteiger partial charge in [-0.3, -0.25) is 0 Å². The lowest BCUT2D eigenvalue weighted by molar-refractivity contribution is -0.207. The number of aliphatic hydroxyl groups is 1. The number of aliphatic hydroxyl groups excluding tert-OH is 1. The lowest BCUT2D eigenvalue weighted by Gasteiger charge is -2.19.